The van der Waals surface area contributed by atoms with E-state index < -0.39 is 11.9 Å². The maximum Gasteiger partial charge on any atom is 0.249 e. The summed E-state index contributed by atoms with van der Waals surface area (Å²) >= 11 is 6.27. The SMILES string of the molecule is C[N+]1(Cc2c(F)cccc2Cl)CCN(CC(=O)NC(COCc2ccccc2)C(=O)Nc2ccc(Oc3ccc(F)cc3)cc2)CC1. The maximum atomic E-state index is 14.4. The van der Waals surface area contributed by atoms with Crippen molar-refractivity contribution in [3.8, 4) is 11.5 Å². The number of halogens is 3. The summed E-state index contributed by atoms with van der Waals surface area (Å²) in [6, 6.07) is 25.7. The molecule has 2 amide bonds. The van der Waals surface area contributed by atoms with Crippen LogP contribution in [0.5, 0.6) is 11.5 Å². The zero-order valence-corrected chi connectivity index (χ0v) is 26.9. The molecule has 4 aromatic carbocycles. The van der Waals surface area contributed by atoms with Gasteiger partial charge < -0.3 is 24.6 Å². The molecule has 4 aromatic rings. The van der Waals surface area contributed by atoms with Gasteiger partial charge in [-0.3, -0.25) is 14.5 Å². The summed E-state index contributed by atoms with van der Waals surface area (Å²) in [5.74, 6) is -0.405. The molecular formula is C36H38ClF2N4O4+. The molecule has 1 heterocycles. The van der Waals surface area contributed by atoms with Gasteiger partial charge in [-0.1, -0.05) is 48.0 Å². The molecule has 1 saturated heterocycles. The van der Waals surface area contributed by atoms with Crippen LogP contribution < -0.4 is 15.4 Å². The van der Waals surface area contributed by atoms with E-state index in [4.69, 9.17) is 21.1 Å². The highest BCUT2D eigenvalue weighted by molar-refractivity contribution is 6.31. The van der Waals surface area contributed by atoms with Crippen LogP contribution in [0.4, 0.5) is 14.5 Å². The van der Waals surface area contributed by atoms with E-state index in [1.807, 2.05) is 35.2 Å². The highest BCUT2D eigenvalue weighted by atomic mass is 35.5. The molecule has 5 rings (SSSR count). The van der Waals surface area contributed by atoms with Crippen molar-refractivity contribution in [2.24, 2.45) is 0 Å². The number of carbonyl (C=O) groups excluding carboxylic acids is 2. The summed E-state index contributed by atoms with van der Waals surface area (Å²) in [5.41, 5.74) is 1.95. The summed E-state index contributed by atoms with van der Waals surface area (Å²) in [4.78, 5) is 28.6. The quantitative estimate of drug-likeness (QED) is 0.171. The van der Waals surface area contributed by atoms with Gasteiger partial charge in [0.25, 0.3) is 0 Å². The number of hydrogen-bond donors (Lipinski definition) is 2. The number of ether oxygens (including phenoxy) is 2. The second kappa shape index (κ2) is 16.0. The molecule has 0 spiro atoms. The minimum Gasteiger partial charge on any atom is -0.457 e. The highest BCUT2D eigenvalue weighted by Crippen LogP contribution is 2.25. The molecule has 1 aliphatic rings. The molecule has 8 nitrogen and oxygen atoms in total. The number of piperazine rings is 1. The molecule has 246 valence electrons. The van der Waals surface area contributed by atoms with Gasteiger partial charge in [0.1, 0.15) is 35.7 Å². The van der Waals surface area contributed by atoms with E-state index in [1.54, 1.807) is 36.4 Å². The fraction of sp³-hybridized carbons (Fsp3) is 0.278. The van der Waals surface area contributed by atoms with Crippen LogP contribution in [0.1, 0.15) is 11.1 Å². The van der Waals surface area contributed by atoms with Crippen molar-refractivity contribution in [3.63, 3.8) is 0 Å². The molecule has 1 fully saturated rings. The van der Waals surface area contributed by atoms with Crippen LogP contribution in [-0.2, 0) is 27.5 Å². The maximum absolute atomic E-state index is 14.4. The van der Waals surface area contributed by atoms with Crippen LogP contribution in [0, 0.1) is 11.6 Å². The van der Waals surface area contributed by atoms with Gasteiger partial charge in [-0.2, -0.15) is 0 Å². The normalized spacial score (nSPS) is 15.1. The second-order valence-corrected chi connectivity index (χ2v) is 12.3. The first-order valence-electron chi connectivity index (χ1n) is 15.4. The largest absolute Gasteiger partial charge is 0.457 e. The van der Waals surface area contributed by atoms with Crippen LogP contribution in [0.3, 0.4) is 0 Å². The molecule has 1 unspecified atom stereocenters. The Morgan fingerprint density at radius 3 is 2.21 bits per heavy atom. The zero-order chi connectivity index (χ0) is 33.2. The number of nitrogens with one attached hydrogen (secondary N) is 2. The lowest BCUT2D eigenvalue weighted by molar-refractivity contribution is -0.926. The molecule has 0 saturated carbocycles. The molecule has 0 aromatic heterocycles. The van der Waals surface area contributed by atoms with Crippen molar-refractivity contribution in [3.05, 3.63) is 125 Å². The molecular weight excluding hydrogens is 626 g/mol. The monoisotopic (exact) mass is 663 g/mol. The summed E-state index contributed by atoms with van der Waals surface area (Å²) in [6.45, 7) is 3.50. The molecule has 1 aliphatic heterocycles. The molecule has 0 bridgehead atoms. The van der Waals surface area contributed by atoms with E-state index >= 15 is 0 Å². The van der Waals surface area contributed by atoms with E-state index in [0.29, 0.717) is 65.0 Å². The van der Waals surface area contributed by atoms with Gasteiger partial charge in [0.05, 0.1) is 50.5 Å². The second-order valence-electron chi connectivity index (χ2n) is 11.9. The number of rotatable bonds is 13. The third kappa shape index (κ3) is 10.1. The fourth-order valence-electron chi connectivity index (χ4n) is 5.34. The standard InChI is InChI=1S/C36H37ClF2N4O4/c1-43(23-31-32(37)8-5-9-33(31)39)20-18-42(19-21-43)22-35(44)41-34(25-46-24-26-6-3-2-4-7-26)36(45)40-28-12-16-30(17-13-28)47-29-14-10-27(38)11-15-29/h2-17,34H,18-25H2,1H3,(H-,40,41,44,45)/p+1. The number of anilines is 1. The lowest BCUT2D eigenvalue weighted by Gasteiger charge is -2.42. The Balaban J connectivity index is 1.16. The van der Waals surface area contributed by atoms with Gasteiger partial charge in [-0.15, -0.1) is 0 Å². The predicted octanol–water partition coefficient (Wildman–Crippen LogP) is 6.01. The first-order valence-corrected chi connectivity index (χ1v) is 15.8. The highest BCUT2D eigenvalue weighted by Gasteiger charge is 2.32. The Bertz CT molecular complexity index is 1610. The average molecular weight is 664 g/mol. The topological polar surface area (TPSA) is 79.9 Å². The number of benzene rings is 4. The van der Waals surface area contributed by atoms with Crippen LogP contribution in [0.2, 0.25) is 5.02 Å². The van der Waals surface area contributed by atoms with Gasteiger partial charge in [-0.25, -0.2) is 8.78 Å². The van der Waals surface area contributed by atoms with Crippen molar-refractivity contribution >= 4 is 29.1 Å². The van der Waals surface area contributed by atoms with Gasteiger partial charge in [-0.05, 0) is 66.2 Å². The first kappa shape index (κ1) is 34.0. The van der Waals surface area contributed by atoms with Gasteiger partial charge in [0, 0.05) is 18.8 Å². The van der Waals surface area contributed by atoms with Crippen molar-refractivity contribution < 1.29 is 32.3 Å². The van der Waals surface area contributed by atoms with Crippen LogP contribution in [0.25, 0.3) is 0 Å². The summed E-state index contributed by atoms with van der Waals surface area (Å²) in [7, 11) is 2.06. The Morgan fingerprint density at radius 2 is 1.55 bits per heavy atom. The Labute approximate surface area is 278 Å². The average Bonchev–Trinajstić information content (AvgIpc) is 3.06. The van der Waals surface area contributed by atoms with Crippen LogP contribution in [0.15, 0.2) is 97.1 Å². The Hall–Kier alpha value is -4.35. The zero-order valence-electron chi connectivity index (χ0n) is 26.1. The van der Waals surface area contributed by atoms with E-state index in [9.17, 15) is 18.4 Å². The Kier molecular flexibility index (Phi) is 11.6. The number of nitrogens with zero attached hydrogens (tertiary/aromatic N) is 2. The van der Waals surface area contributed by atoms with Gasteiger partial charge in [0.2, 0.25) is 11.8 Å². The van der Waals surface area contributed by atoms with Crippen molar-refractivity contribution in [2.45, 2.75) is 19.2 Å². The molecule has 47 heavy (non-hydrogen) atoms. The van der Waals surface area contributed by atoms with Crippen molar-refractivity contribution in [1.29, 1.82) is 0 Å². The van der Waals surface area contributed by atoms with E-state index in [2.05, 4.69) is 17.7 Å². The molecule has 1 atom stereocenters. The molecule has 0 aliphatic carbocycles. The van der Waals surface area contributed by atoms with E-state index in [-0.39, 0.29) is 37.3 Å². The minimum atomic E-state index is -0.949. The summed E-state index contributed by atoms with van der Waals surface area (Å²) < 4.78 is 39.8. The smallest absolute Gasteiger partial charge is 0.249 e. The number of quaternary nitrogens is 1. The van der Waals surface area contributed by atoms with Crippen LogP contribution in [-0.4, -0.2) is 73.6 Å². The minimum absolute atomic E-state index is 0.0312. The molecule has 0 radical (unpaired) electrons. The lowest BCUT2D eigenvalue weighted by Crippen LogP contribution is -2.58. The molecule has 2 N–H and O–H groups in total. The van der Waals surface area contributed by atoms with Crippen molar-refractivity contribution in [2.75, 3.05) is 51.7 Å². The number of carbonyl (C=O) groups is 2. The number of hydrogen-bond acceptors (Lipinski definition) is 5. The lowest BCUT2D eigenvalue weighted by atomic mass is 10.1. The number of likely N-dealkylation sites (N-methyl/N-ethyl adjacent to an activating group) is 1. The molecule has 11 heteroatoms. The van der Waals surface area contributed by atoms with E-state index in [1.165, 1.54) is 30.3 Å². The fourth-order valence-corrected chi connectivity index (χ4v) is 5.56. The van der Waals surface area contributed by atoms with Crippen molar-refractivity contribution in [1.82, 2.24) is 10.2 Å². The first-order chi connectivity index (χ1) is 22.7. The summed E-state index contributed by atoms with van der Waals surface area (Å²) in [5, 5.41) is 6.11. The Morgan fingerprint density at radius 1 is 0.894 bits per heavy atom. The third-order valence-corrected chi connectivity index (χ3v) is 8.45. The van der Waals surface area contributed by atoms with E-state index in [0.717, 1.165) is 5.56 Å². The predicted molar refractivity (Wildman–Crippen MR) is 177 cm³/mol. The van der Waals surface area contributed by atoms with Gasteiger partial charge >= 0.3 is 0 Å². The van der Waals surface area contributed by atoms with Gasteiger partial charge in [0.15, 0.2) is 0 Å². The number of amides is 2. The summed E-state index contributed by atoms with van der Waals surface area (Å²) in [6.07, 6.45) is 0. The van der Waals surface area contributed by atoms with Crippen LogP contribution >= 0.6 is 11.6 Å². The third-order valence-electron chi connectivity index (χ3n) is 8.10.